The van der Waals surface area contributed by atoms with Gasteiger partial charge in [0.2, 0.25) is 0 Å². The van der Waals surface area contributed by atoms with Crippen LogP contribution in [-0.2, 0) is 20.4 Å². The van der Waals surface area contributed by atoms with Gasteiger partial charge >= 0.3 is 0 Å². The summed E-state index contributed by atoms with van der Waals surface area (Å²) in [6.07, 6.45) is 10.4. The first-order valence-electron chi connectivity index (χ1n) is 15.2. The van der Waals surface area contributed by atoms with Crippen LogP contribution in [0.3, 0.4) is 0 Å². The summed E-state index contributed by atoms with van der Waals surface area (Å²) >= 11 is 5.83. The standard InChI is InChI=1S/C14H20N6O2S.C7H6ClN3.C7H15N3O2S/c1-10-3-4-20-12(10)13(16-9-17-20)19-7-14(8-19)5-11(6-14)18(2)23(15,21)22;1-5-2-3-11-6(5)7(8)9-4-10-11;1-10(13(8,11)12)6-2-7(3-6)4-9-5-7/h3-4,9,11H,5-8H2,1-2H3,(H2,15,21,22);2-4H,1H3;6,9H,2-5H2,1H3,(H2,8,11,12). The molecule has 0 atom stereocenters. The number of nitrogens with one attached hydrogen (secondary N) is 1. The molecule has 4 aromatic heterocycles. The van der Waals surface area contributed by atoms with Crippen LogP contribution in [0.4, 0.5) is 5.82 Å². The second-order valence-corrected chi connectivity index (χ2v) is 17.0. The van der Waals surface area contributed by atoms with Crippen LogP contribution in [0.1, 0.15) is 36.8 Å². The first kappa shape index (κ1) is 33.9. The molecule has 256 valence electrons. The van der Waals surface area contributed by atoms with E-state index in [1.54, 1.807) is 24.9 Å². The van der Waals surface area contributed by atoms with Crippen molar-refractivity contribution in [1.29, 1.82) is 0 Å². The number of hydrogen-bond donors (Lipinski definition) is 3. The average Bonchev–Trinajstić information content (AvgIpc) is 3.48. The molecule has 2 saturated carbocycles. The maximum atomic E-state index is 11.4. The molecule has 4 aliphatic rings. The van der Waals surface area contributed by atoms with Crippen molar-refractivity contribution in [3.63, 3.8) is 0 Å². The number of aryl methyl sites for hydroxylation is 2. The molecule has 19 heteroatoms. The van der Waals surface area contributed by atoms with Gasteiger partial charge in [-0.3, -0.25) is 0 Å². The van der Waals surface area contributed by atoms with Gasteiger partial charge in [0.05, 0.1) is 0 Å². The van der Waals surface area contributed by atoms with Crippen molar-refractivity contribution >= 4 is 48.9 Å². The highest BCUT2D eigenvalue weighted by molar-refractivity contribution is 7.87. The van der Waals surface area contributed by atoms with Gasteiger partial charge in [-0.25, -0.2) is 29.3 Å². The second kappa shape index (κ2) is 12.2. The number of nitrogens with zero attached hydrogens (tertiary/aromatic N) is 9. The quantitative estimate of drug-likeness (QED) is 0.265. The SMILES string of the molecule is CN(C1CC2(CNC2)C1)S(N)(=O)=O.Cc1ccn2ncnc(Cl)c12.Cc1ccn2ncnc(N3CC4(CC(N(C)S(N)(=O)=O)C4)C3)c12. The average molecular weight is 709 g/mol. The summed E-state index contributed by atoms with van der Waals surface area (Å²) in [6, 6.07) is 4.13. The smallest absolute Gasteiger partial charge is 0.276 e. The molecule has 2 spiro atoms. The minimum atomic E-state index is -3.59. The summed E-state index contributed by atoms with van der Waals surface area (Å²) < 4.78 is 50.9. The number of rotatable bonds is 5. The van der Waals surface area contributed by atoms with E-state index < -0.39 is 20.4 Å². The molecule has 2 aliphatic carbocycles. The molecule has 16 nitrogen and oxygen atoms in total. The van der Waals surface area contributed by atoms with Crippen molar-refractivity contribution in [3.05, 3.63) is 53.5 Å². The summed E-state index contributed by atoms with van der Waals surface area (Å²) in [7, 11) is -3.97. The molecule has 0 amide bonds. The van der Waals surface area contributed by atoms with E-state index in [0.717, 1.165) is 79.8 Å². The zero-order valence-corrected chi connectivity index (χ0v) is 29.2. The fourth-order valence-electron chi connectivity index (χ4n) is 7.13. The van der Waals surface area contributed by atoms with E-state index in [1.165, 1.54) is 14.9 Å². The van der Waals surface area contributed by atoms with Gasteiger partial charge < -0.3 is 10.2 Å². The van der Waals surface area contributed by atoms with Crippen LogP contribution in [-0.4, -0.2) is 107 Å². The van der Waals surface area contributed by atoms with Gasteiger partial charge in [0.15, 0.2) is 11.0 Å². The Kier molecular flexibility index (Phi) is 8.78. The van der Waals surface area contributed by atoms with Gasteiger partial charge in [-0.05, 0) is 68.2 Å². The molecule has 8 rings (SSSR count). The molecule has 47 heavy (non-hydrogen) atoms. The Morgan fingerprint density at radius 3 is 1.74 bits per heavy atom. The highest BCUT2D eigenvalue weighted by atomic mass is 35.5. The lowest BCUT2D eigenvalue weighted by molar-refractivity contribution is -0.000323. The first-order valence-corrected chi connectivity index (χ1v) is 18.6. The van der Waals surface area contributed by atoms with Gasteiger partial charge in [0.25, 0.3) is 20.4 Å². The van der Waals surface area contributed by atoms with Crippen molar-refractivity contribution < 1.29 is 16.8 Å². The topological polar surface area (TPSA) is 202 Å². The molecule has 2 aliphatic heterocycles. The molecule has 0 radical (unpaired) electrons. The van der Waals surface area contributed by atoms with Crippen LogP contribution in [0.2, 0.25) is 5.15 Å². The van der Waals surface area contributed by atoms with E-state index in [4.69, 9.17) is 21.9 Å². The third-order valence-corrected chi connectivity index (χ3v) is 12.6. The zero-order valence-electron chi connectivity index (χ0n) is 26.8. The van der Waals surface area contributed by atoms with E-state index >= 15 is 0 Å². The molecular weight excluding hydrogens is 668 g/mol. The molecule has 4 fully saturated rings. The number of hydrogen-bond acceptors (Lipinski definition) is 10. The molecule has 0 unspecified atom stereocenters. The second-order valence-electron chi connectivity index (χ2n) is 13.4. The third-order valence-electron chi connectivity index (χ3n) is 10.1. The predicted molar refractivity (Wildman–Crippen MR) is 178 cm³/mol. The van der Waals surface area contributed by atoms with Gasteiger partial charge in [0, 0.05) is 70.2 Å². The molecular formula is C28H41ClN12O4S2. The Labute approximate surface area is 279 Å². The van der Waals surface area contributed by atoms with E-state index in [1.807, 2.05) is 36.0 Å². The Bertz CT molecular complexity index is 1990. The highest BCUT2D eigenvalue weighted by Crippen LogP contribution is 2.51. The molecule has 4 aromatic rings. The Hall–Kier alpha value is -2.97. The maximum Gasteiger partial charge on any atom is 0.276 e. The van der Waals surface area contributed by atoms with Crippen LogP contribution in [0.25, 0.3) is 11.0 Å². The van der Waals surface area contributed by atoms with Crippen LogP contribution in [0.15, 0.2) is 37.2 Å². The Morgan fingerprint density at radius 1 is 0.809 bits per heavy atom. The van der Waals surface area contributed by atoms with Gasteiger partial charge in [0.1, 0.15) is 23.7 Å². The van der Waals surface area contributed by atoms with Gasteiger partial charge in [-0.2, -0.15) is 35.6 Å². The zero-order chi connectivity index (χ0) is 33.9. The van der Waals surface area contributed by atoms with Crippen molar-refractivity contribution in [3.8, 4) is 0 Å². The fraction of sp³-hybridized carbons (Fsp3) is 0.571. The maximum absolute atomic E-state index is 11.4. The Balaban J connectivity index is 0.000000136. The van der Waals surface area contributed by atoms with Gasteiger partial charge in [-0.1, -0.05) is 11.6 Å². The fourth-order valence-corrected chi connectivity index (χ4v) is 8.54. The lowest BCUT2D eigenvalue weighted by atomic mass is 9.60. The summed E-state index contributed by atoms with van der Waals surface area (Å²) in [6.45, 7) is 7.89. The van der Waals surface area contributed by atoms with Crippen LogP contribution < -0.4 is 20.5 Å². The van der Waals surface area contributed by atoms with Crippen LogP contribution in [0, 0.1) is 24.7 Å². The van der Waals surface area contributed by atoms with E-state index in [9.17, 15) is 16.8 Å². The third kappa shape index (κ3) is 6.57. The van der Waals surface area contributed by atoms with E-state index in [-0.39, 0.29) is 17.5 Å². The van der Waals surface area contributed by atoms with Crippen molar-refractivity contribution in [2.45, 2.75) is 51.6 Å². The normalized spacial score (nSPS) is 20.3. The number of halogens is 1. The predicted octanol–water partition coefficient (Wildman–Crippen LogP) is 0.707. The van der Waals surface area contributed by atoms with Crippen molar-refractivity contribution in [1.82, 2.24) is 43.1 Å². The first-order chi connectivity index (χ1) is 22.0. The van der Waals surface area contributed by atoms with Crippen LogP contribution in [0.5, 0.6) is 0 Å². The number of anilines is 1. The van der Waals surface area contributed by atoms with Crippen molar-refractivity contribution in [2.75, 3.05) is 45.2 Å². The lowest BCUT2D eigenvalue weighted by Gasteiger charge is -2.60. The summed E-state index contributed by atoms with van der Waals surface area (Å²) in [5.74, 6) is 0.955. The van der Waals surface area contributed by atoms with E-state index in [2.05, 4.69) is 37.3 Å². The minimum absolute atomic E-state index is 0.0209. The molecule has 0 aromatic carbocycles. The summed E-state index contributed by atoms with van der Waals surface area (Å²) in [4.78, 5) is 10.6. The molecule has 0 bridgehead atoms. The van der Waals surface area contributed by atoms with Gasteiger partial charge in [-0.15, -0.1) is 0 Å². The minimum Gasteiger partial charge on any atom is -0.354 e. The monoisotopic (exact) mass is 708 g/mol. The summed E-state index contributed by atoms with van der Waals surface area (Å²) in [5, 5.41) is 22.1. The molecule has 2 saturated heterocycles. The largest absolute Gasteiger partial charge is 0.354 e. The number of fused-ring (bicyclic) bond motifs is 2. The van der Waals surface area contributed by atoms with Crippen LogP contribution >= 0.6 is 11.6 Å². The van der Waals surface area contributed by atoms with E-state index in [0.29, 0.717) is 10.6 Å². The Morgan fingerprint density at radius 2 is 1.28 bits per heavy atom. The lowest BCUT2D eigenvalue weighted by Crippen LogP contribution is -2.67. The molecule has 5 N–H and O–H groups in total. The van der Waals surface area contributed by atoms with Crippen molar-refractivity contribution in [2.24, 2.45) is 21.1 Å². The molecule has 6 heterocycles. The number of nitrogens with two attached hydrogens (primary N) is 2. The summed E-state index contributed by atoms with van der Waals surface area (Å²) in [5.41, 5.74) is 4.77. The highest BCUT2D eigenvalue weighted by Gasteiger charge is 2.55. The number of aromatic nitrogens is 6.